The number of carbonyl (C=O) groups excluding carboxylic acids is 1. The number of rotatable bonds is 2. The van der Waals surface area contributed by atoms with Gasteiger partial charge in [-0.2, -0.15) is 0 Å². The zero-order chi connectivity index (χ0) is 17.4. The summed E-state index contributed by atoms with van der Waals surface area (Å²) in [7, 11) is 1.83. The monoisotopic (exact) mass is 339 g/mol. The Bertz CT molecular complexity index is 449. The lowest BCUT2D eigenvalue weighted by atomic mass is 9.73. The second kappa shape index (κ2) is 6.81. The second-order valence-corrected chi connectivity index (χ2v) is 8.49. The standard InChI is InChI=1S/C18H33N3O3/c1-17(2,3)19-16(22)20-9-5-14(6-10-20)21-13-15(23-4)18(21)7-11-24-12-8-18/h14-15H,5-13H2,1-4H3,(H,19,22). The van der Waals surface area contributed by atoms with E-state index in [-0.39, 0.29) is 17.1 Å². The molecule has 0 saturated carbocycles. The molecule has 2 amide bonds. The first-order valence-electron chi connectivity index (χ1n) is 9.30. The van der Waals surface area contributed by atoms with Crippen molar-refractivity contribution >= 4 is 6.03 Å². The van der Waals surface area contributed by atoms with Crippen molar-refractivity contribution < 1.29 is 14.3 Å². The van der Waals surface area contributed by atoms with Crippen LogP contribution in [0.4, 0.5) is 4.79 Å². The molecule has 3 aliphatic heterocycles. The van der Waals surface area contributed by atoms with Gasteiger partial charge in [0.05, 0.1) is 11.6 Å². The Kier molecular flexibility index (Phi) is 5.09. The molecule has 3 rings (SSSR count). The number of nitrogens with zero attached hydrogens (tertiary/aromatic N) is 2. The highest BCUT2D eigenvalue weighted by molar-refractivity contribution is 5.75. The lowest BCUT2D eigenvalue weighted by Crippen LogP contribution is -2.75. The van der Waals surface area contributed by atoms with Crippen molar-refractivity contribution in [3.63, 3.8) is 0 Å². The molecule has 0 aromatic rings. The Morgan fingerprint density at radius 1 is 1.21 bits per heavy atom. The normalized spacial score (nSPS) is 28.7. The third kappa shape index (κ3) is 3.41. The lowest BCUT2D eigenvalue weighted by Gasteiger charge is -2.63. The van der Waals surface area contributed by atoms with Crippen LogP contribution in [0, 0.1) is 0 Å². The van der Waals surface area contributed by atoms with Crippen LogP contribution in [0.3, 0.4) is 0 Å². The van der Waals surface area contributed by atoms with Crippen molar-refractivity contribution in [2.24, 2.45) is 0 Å². The summed E-state index contributed by atoms with van der Waals surface area (Å²) in [6.07, 6.45) is 4.57. The quantitative estimate of drug-likeness (QED) is 0.834. The number of carbonyl (C=O) groups is 1. The minimum absolute atomic E-state index is 0.0695. The van der Waals surface area contributed by atoms with Gasteiger partial charge in [-0.15, -0.1) is 0 Å². The maximum Gasteiger partial charge on any atom is 0.317 e. The summed E-state index contributed by atoms with van der Waals surface area (Å²) in [5.74, 6) is 0. The summed E-state index contributed by atoms with van der Waals surface area (Å²) in [6.45, 7) is 10.5. The van der Waals surface area contributed by atoms with E-state index >= 15 is 0 Å². The fraction of sp³-hybridized carbons (Fsp3) is 0.944. The van der Waals surface area contributed by atoms with Gasteiger partial charge in [0.2, 0.25) is 0 Å². The Balaban J connectivity index is 1.56. The molecule has 0 aromatic heterocycles. The van der Waals surface area contributed by atoms with Gasteiger partial charge in [-0.05, 0) is 46.5 Å². The number of hydrogen-bond acceptors (Lipinski definition) is 4. The molecule has 24 heavy (non-hydrogen) atoms. The minimum atomic E-state index is -0.177. The SMILES string of the molecule is COC1CN(C2CCN(C(=O)NC(C)(C)C)CC2)C12CCOCC2. The average molecular weight is 339 g/mol. The summed E-state index contributed by atoms with van der Waals surface area (Å²) >= 11 is 0. The van der Waals surface area contributed by atoms with Crippen molar-refractivity contribution in [1.29, 1.82) is 0 Å². The van der Waals surface area contributed by atoms with Crippen LogP contribution in [0.25, 0.3) is 0 Å². The molecule has 6 heteroatoms. The number of likely N-dealkylation sites (tertiary alicyclic amines) is 2. The predicted molar refractivity (Wildman–Crippen MR) is 93.2 cm³/mol. The molecule has 138 valence electrons. The first-order valence-corrected chi connectivity index (χ1v) is 9.30. The highest BCUT2D eigenvalue weighted by atomic mass is 16.5. The smallest absolute Gasteiger partial charge is 0.317 e. The maximum atomic E-state index is 12.3. The minimum Gasteiger partial charge on any atom is -0.381 e. The van der Waals surface area contributed by atoms with Crippen LogP contribution >= 0.6 is 0 Å². The predicted octanol–water partition coefficient (Wildman–Crippen LogP) is 1.84. The fourth-order valence-electron chi connectivity index (χ4n) is 4.52. The van der Waals surface area contributed by atoms with Gasteiger partial charge in [-0.3, -0.25) is 4.90 Å². The van der Waals surface area contributed by atoms with Gasteiger partial charge in [0.25, 0.3) is 0 Å². The molecule has 3 aliphatic rings. The molecule has 1 N–H and O–H groups in total. The number of hydrogen-bond donors (Lipinski definition) is 1. The molecular weight excluding hydrogens is 306 g/mol. The molecule has 1 unspecified atom stereocenters. The number of amides is 2. The van der Waals surface area contributed by atoms with Crippen molar-refractivity contribution in [1.82, 2.24) is 15.1 Å². The van der Waals surface area contributed by atoms with Crippen molar-refractivity contribution in [3.8, 4) is 0 Å². The Morgan fingerprint density at radius 3 is 2.38 bits per heavy atom. The molecule has 1 atom stereocenters. The summed E-state index contributed by atoms with van der Waals surface area (Å²) < 4.78 is 11.3. The van der Waals surface area contributed by atoms with Gasteiger partial charge in [0.1, 0.15) is 0 Å². The second-order valence-electron chi connectivity index (χ2n) is 8.49. The van der Waals surface area contributed by atoms with Gasteiger partial charge in [-0.1, -0.05) is 0 Å². The fourth-order valence-corrected chi connectivity index (χ4v) is 4.52. The van der Waals surface area contributed by atoms with Crippen LogP contribution in [0.2, 0.25) is 0 Å². The van der Waals surface area contributed by atoms with E-state index in [1.165, 1.54) is 0 Å². The summed E-state index contributed by atoms with van der Waals surface area (Å²) in [5, 5.41) is 3.07. The number of nitrogens with one attached hydrogen (secondary N) is 1. The van der Waals surface area contributed by atoms with Crippen molar-refractivity contribution in [2.45, 2.75) is 69.7 Å². The average Bonchev–Trinajstić information content (AvgIpc) is 2.54. The van der Waals surface area contributed by atoms with Gasteiger partial charge < -0.3 is 19.7 Å². The van der Waals surface area contributed by atoms with Crippen LogP contribution in [0.15, 0.2) is 0 Å². The summed E-state index contributed by atoms with van der Waals surface area (Å²) in [5.41, 5.74) is -0.00322. The Morgan fingerprint density at radius 2 is 1.83 bits per heavy atom. The number of ether oxygens (including phenoxy) is 2. The molecule has 3 saturated heterocycles. The summed E-state index contributed by atoms with van der Waals surface area (Å²) in [4.78, 5) is 17.0. The third-order valence-electron chi connectivity index (χ3n) is 5.85. The van der Waals surface area contributed by atoms with E-state index in [1.54, 1.807) is 0 Å². The van der Waals surface area contributed by atoms with Gasteiger partial charge in [-0.25, -0.2) is 4.79 Å². The van der Waals surface area contributed by atoms with Crippen LogP contribution in [0.1, 0.15) is 46.5 Å². The first-order chi connectivity index (χ1) is 11.4. The molecule has 0 bridgehead atoms. The van der Waals surface area contributed by atoms with Crippen LogP contribution in [-0.4, -0.2) is 79.0 Å². The van der Waals surface area contributed by atoms with Crippen molar-refractivity contribution in [3.05, 3.63) is 0 Å². The van der Waals surface area contributed by atoms with Crippen molar-refractivity contribution in [2.75, 3.05) is 40.0 Å². The number of urea groups is 1. The van der Waals surface area contributed by atoms with Crippen LogP contribution in [-0.2, 0) is 9.47 Å². The van der Waals surface area contributed by atoms with E-state index in [1.807, 2.05) is 32.8 Å². The zero-order valence-electron chi connectivity index (χ0n) is 15.6. The van der Waals surface area contributed by atoms with Gasteiger partial charge >= 0.3 is 6.03 Å². The van der Waals surface area contributed by atoms with Crippen LogP contribution in [0.5, 0.6) is 0 Å². The lowest BCUT2D eigenvalue weighted by molar-refractivity contribution is -0.207. The molecule has 3 heterocycles. The first kappa shape index (κ1) is 18.0. The van der Waals surface area contributed by atoms with E-state index in [2.05, 4.69) is 10.2 Å². The van der Waals surface area contributed by atoms with E-state index in [0.717, 1.165) is 58.5 Å². The Labute approximate surface area is 145 Å². The number of piperidine rings is 1. The third-order valence-corrected chi connectivity index (χ3v) is 5.85. The highest BCUT2D eigenvalue weighted by Crippen LogP contribution is 2.44. The zero-order valence-corrected chi connectivity index (χ0v) is 15.6. The molecule has 3 fully saturated rings. The van der Waals surface area contributed by atoms with E-state index in [0.29, 0.717) is 12.1 Å². The van der Waals surface area contributed by atoms with E-state index in [9.17, 15) is 4.79 Å². The molecule has 0 aromatic carbocycles. The topological polar surface area (TPSA) is 54.0 Å². The maximum absolute atomic E-state index is 12.3. The van der Waals surface area contributed by atoms with E-state index < -0.39 is 0 Å². The number of methoxy groups -OCH3 is 1. The summed E-state index contributed by atoms with van der Waals surface area (Å²) in [6, 6.07) is 0.633. The highest BCUT2D eigenvalue weighted by Gasteiger charge is 2.56. The molecule has 0 aliphatic carbocycles. The van der Waals surface area contributed by atoms with E-state index in [4.69, 9.17) is 9.47 Å². The van der Waals surface area contributed by atoms with Gasteiger partial charge in [0.15, 0.2) is 0 Å². The molecule has 6 nitrogen and oxygen atoms in total. The Hall–Kier alpha value is -0.850. The molecule has 1 spiro atoms. The van der Waals surface area contributed by atoms with Crippen LogP contribution < -0.4 is 5.32 Å². The molecule has 0 radical (unpaired) electrons. The van der Waals surface area contributed by atoms with Gasteiger partial charge in [0, 0.05) is 51.5 Å². The molecular formula is C18H33N3O3. The largest absolute Gasteiger partial charge is 0.381 e.